The number of carbonyl (C=O) groups is 1. The summed E-state index contributed by atoms with van der Waals surface area (Å²) < 4.78 is 11.2. The van der Waals surface area contributed by atoms with Crippen molar-refractivity contribution < 1.29 is 19.4 Å². The van der Waals surface area contributed by atoms with Gasteiger partial charge in [-0.3, -0.25) is 4.79 Å². The molecule has 1 aliphatic carbocycles. The van der Waals surface area contributed by atoms with Crippen molar-refractivity contribution in [3.8, 4) is 11.5 Å². The lowest BCUT2D eigenvalue weighted by Gasteiger charge is -2.15. The van der Waals surface area contributed by atoms with Gasteiger partial charge >= 0.3 is 5.97 Å². The van der Waals surface area contributed by atoms with E-state index in [0.717, 1.165) is 24.2 Å². The predicted octanol–water partition coefficient (Wildman–Crippen LogP) is 1.36. The Morgan fingerprint density at radius 3 is 2.89 bits per heavy atom. The third-order valence-corrected chi connectivity index (χ3v) is 3.13. The molecule has 0 heterocycles. The van der Waals surface area contributed by atoms with Crippen LogP contribution < -0.4 is 15.2 Å². The summed E-state index contributed by atoms with van der Waals surface area (Å²) in [6.45, 7) is 2.59. The molecule has 3 N–H and O–H groups in total. The van der Waals surface area contributed by atoms with E-state index in [-0.39, 0.29) is 19.1 Å². The first-order chi connectivity index (χ1) is 9.11. The van der Waals surface area contributed by atoms with Crippen LogP contribution in [0.4, 0.5) is 0 Å². The molecular weight excluding hydrogens is 246 g/mol. The van der Waals surface area contributed by atoms with Gasteiger partial charge in [0.2, 0.25) is 0 Å². The van der Waals surface area contributed by atoms with E-state index in [9.17, 15) is 4.79 Å². The normalized spacial score (nSPS) is 17.1. The molecule has 5 heteroatoms. The molecule has 0 saturated heterocycles. The Bertz CT molecular complexity index is 473. The molecule has 0 saturated carbocycles. The molecule has 19 heavy (non-hydrogen) atoms. The number of nitrogens with two attached hydrogens (primary N) is 1. The Balaban J connectivity index is 2.19. The maximum atomic E-state index is 10.5. The molecule has 0 bridgehead atoms. The highest BCUT2D eigenvalue weighted by atomic mass is 16.5. The standard InChI is InChI=1S/C14H19NO4/c1-2-18-14-11-8-10(15)7-9(11)3-4-12(14)19-6-5-13(16)17/h3-4,10H,2,5-8,15H2,1H3,(H,16,17). The second-order valence-electron chi connectivity index (χ2n) is 4.62. The molecule has 104 valence electrons. The van der Waals surface area contributed by atoms with Crippen LogP contribution in [0.3, 0.4) is 0 Å². The largest absolute Gasteiger partial charge is 0.490 e. The Morgan fingerprint density at radius 1 is 1.42 bits per heavy atom. The molecule has 0 spiro atoms. The number of carboxylic acids is 1. The third-order valence-electron chi connectivity index (χ3n) is 3.13. The summed E-state index contributed by atoms with van der Waals surface area (Å²) in [6, 6.07) is 3.95. The van der Waals surface area contributed by atoms with Crippen LogP contribution in [0.5, 0.6) is 11.5 Å². The third kappa shape index (κ3) is 3.17. The maximum Gasteiger partial charge on any atom is 0.306 e. The highest BCUT2D eigenvalue weighted by molar-refractivity contribution is 5.66. The first-order valence-corrected chi connectivity index (χ1v) is 6.49. The van der Waals surface area contributed by atoms with E-state index in [4.69, 9.17) is 20.3 Å². The summed E-state index contributed by atoms with van der Waals surface area (Å²) in [5.41, 5.74) is 8.26. The van der Waals surface area contributed by atoms with Crippen molar-refractivity contribution in [3.63, 3.8) is 0 Å². The van der Waals surface area contributed by atoms with E-state index in [1.807, 2.05) is 19.1 Å². The number of rotatable bonds is 6. The minimum atomic E-state index is -0.874. The molecule has 1 atom stereocenters. The lowest BCUT2D eigenvalue weighted by atomic mass is 10.1. The molecule has 0 aromatic heterocycles. The summed E-state index contributed by atoms with van der Waals surface area (Å²) in [6.07, 6.45) is 1.60. The van der Waals surface area contributed by atoms with Gasteiger partial charge in [-0.2, -0.15) is 0 Å². The molecule has 0 radical (unpaired) electrons. The fourth-order valence-corrected chi connectivity index (χ4v) is 2.34. The summed E-state index contributed by atoms with van der Waals surface area (Å²) in [7, 11) is 0. The number of hydrogen-bond acceptors (Lipinski definition) is 4. The molecule has 1 aromatic carbocycles. The van der Waals surface area contributed by atoms with E-state index >= 15 is 0 Å². The number of carboxylic acid groups (broad SMARTS) is 1. The summed E-state index contributed by atoms with van der Waals surface area (Å²) in [5.74, 6) is 0.454. The highest BCUT2D eigenvalue weighted by Gasteiger charge is 2.24. The van der Waals surface area contributed by atoms with Crippen molar-refractivity contribution in [1.82, 2.24) is 0 Å². The fraction of sp³-hybridized carbons (Fsp3) is 0.500. The Kier molecular flexibility index (Phi) is 4.27. The van der Waals surface area contributed by atoms with Gasteiger partial charge < -0.3 is 20.3 Å². The van der Waals surface area contributed by atoms with Gasteiger partial charge in [-0.15, -0.1) is 0 Å². The lowest BCUT2D eigenvalue weighted by molar-refractivity contribution is -0.137. The molecule has 1 aliphatic rings. The topological polar surface area (TPSA) is 81.8 Å². The van der Waals surface area contributed by atoms with Crippen LogP contribution in [0.15, 0.2) is 12.1 Å². The Hall–Kier alpha value is -1.75. The number of fused-ring (bicyclic) bond motifs is 1. The molecule has 1 unspecified atom stereocenters. The summed E-state index contributed by atoms with van der Waals surface area (Å²) in [5, 5.41) is 8.63. The van der Waals surface area contributed by atoms with Gasteiger partial charge in [-0.1, -0.05) is 6.07 Å². The quantitative estimate of drug-likeness (QED) is 0.811. The zero-order valence-electron chi connectivity index (χ0n) is 11.0. The van der Waals surface area contributed by atoms with Crippen molar-refractivity contribution in [3.05, 3.63) is 23.3 Å². The van der Waals surface area contributed by atoms with E-state index in [0.29, 0.717) is 12.4 Å². The second-order valence-corrected chi connectivity index (χ2v) is 4.62. The monoisotopic (exact) mass is 265 g/mol. The van der Waals surface area contributed by atoms with Crippen LogP contribution >= 0.6 is 0 Å². The molecule has 5 nitrogen and oxygen atoms in total. The minimum Gasteiger partial charge on any atom is -0.490 e. The summed E-state index contributed by atoms with van der Waals surface area (Å²) in [4.78, 5) is 10.5. The Labute approximate surface area is 112 Å². The van der Waals surface area contributed by atoms with Gasteiger partial charge in [-0.25, -0.2) is 0 Å². The highest BCUT2D eigenvalue weighted by Crippen LogP contribution is 2.38. The zero-order chi connectivity index (χ0) is 13.8. The molecule has 2 rings (SSSR count). The van der Waals surface area contributed by atoms with Gasteiger partial charge in [0.05, 0.1) is 19.6 Å². The Morgan fingerprint density at radius 2 is 2.21 bits per heavy atom. The average molecular weight is 265 g/mol. The maximum absolute atomic E-state index is 10.5. The van der Waals surface area contributed by atoms with Gasteiger partial charge in [0.25, 0.3) is 0 Å². The first kappa shape index (κ1) is 13.7. The van der Waals surface area contributed by atoms with Crippen molar-refractivity contribution in [2.24, 2.45) is 5.73 Å². The van der Waals surface area contributed by atoms with Gasteiger partial charge in [0.15, 0.2) is 11.5 Å². The number of benzene rings is 1. The molecule has 0 fully saturated rings. The smallest absolute Gasteiger partial charge is 0.306 e. The van der Waals surface area contributed by atoms with Crippen LogP contribution in [-0.2, 0) is 17.6 Å². The van der Waals surface area contributed by atoms with E-state index < -0.39 is 5.97 Å². The van der Waals surface area contributed by atoms with Crippen molar-refractivity contribution in [1.29, 1.82) is 0 Å². The average Bonchev–Trinajstić information content (AvgIpc) is 2.72. The number of ether oxygens (including phenoxy) is 2. The SMILES string of the molecule is CCOc1c(OCCC(=O)O)ccc2c1CC(N)C2. The fourth-order valence-electron chi connectivity index (χ4n) is 2.34. The predicted molar refractivity (Wildman–Crippen MR) is 70.7 cm³/mol. The molecule has 0 aliphatic heterocycles. The van der Waals surface area contributed by atoms with Gasteiger partial charge in [-0.05, 0) is 31.4 Å². The van der Waals surface area contributed by atoms with E-state index in [1.54, 1.807) is 0 Å². The van der Waals surface area contributed by atoms with E-state index in [2.05, 4.69) is 0 Å². The van der Waals surface area contributed by atoms with Crippen molar-refractivity contribution >= 4 is 5.97 Å². The first-order valence-electron chi connectivity index (χ1n) is 6.49. The van der Waals surface area contributed by atoms with Crippen molar-refractivity contribution in [2.45, 2.75) is 32.2 Å². The lowest BCUT2D eigenvalue weighted by Crippen LogP contribution is -2.19. The van der Waals surface area contributed by atoms with Crippen LogP contribution in [0.25, 0.3) is 0 Å². The van der Waals surface area contributed by atoms with Crippen molar-refractivity contribution in [2.75, 3.05) is 13.2 Å². The van der Waals surface area contributed by atoms with Gasteiger partial charge in [0, 0.05) is 11.6 Å². The minimum absolute atomic E-state index is 0.0256. The van der Waals surface area contributed by atoms with Crippen LogP contribution in [0, 0.1) is 0 Å². The van der Waals surface area contributed by atoms with Crippen LogP contribution in [0.1, 0.15) is 24.5 Å². The number of aliphatic carboxylic acids is 1. The zero-order valence-corrected chi connectivity index (χ0v) is 11.0. The molecule has 0 amide bonds. The summed E-state index contributed by atoms with van der Waals surface area (Å²) >= 11 is 0. The van der Waals surface area contributed by atoms with Crippen LogP contribution in [-0.4, -0.2) is 30.3 Å². The van der Waals surface area contributed by atoms with E-state index in [1.165, 1.54) is 5.56 Å². The van der Waals surface area contributed by atoms with Gasteiger partial charge in [0.1, 0.15) is 0 Å². The second kappa shape index (κ2) is 5.93. The van der Waals surface area contributed by atoms with Crippen LogP contribution in [0.2, 0.25) is 0 Å². The number of hydrogen-bond donors (Lipinski definition) is 2. The molecule has 1 aromatic rings. The molecular formula is C14H19NO4.